The van der Waals surface area contributed by atoms with Crippen molar-refractivity contribution in [1.29, 1.82) is 0 Å². The molecule has 0 aromatic heterocycles. The number of piperidine rings is 1. The summed E-state index contributed by atoms with van der Waals surface area (Å²) in [6.45, 7) is 16.6. The maximum absolute atomic E-state index is 13.1. The minimum absolute atomic E-state index is 0.0422. The summed E-state index contributed by atoms with van der Waals surface area (Å²) in [5.41, 5.74) is 9.18. The standard InChI is InChI=1S/C29H42N4O4.C5H10/c1-8-10-23(31-25(11-9-2)21-13-12-20(3)26(18-21)36-7)19-24(30)27(34)33-16-14-22(15-17-33)32-28(35)37-29(4,5)6;1-5-3-2-4-5/h9,11-13,18-19,22H,2,8,10,14-17,30H2,1,3-7H3,(H,32,35);5H,2-4H2,1H3/b24-19-,25-11-,31-23-;. The minimum atomic E-state index is -0.552. The van der Waals surface area contributed by atoms with Gasteiger partial charge in [-0.25, -0.2) is 4.79 Å². The maximum atomic E-state index is 13.1. The Morgan fingerprint density at radius 3 is 2.33 bits per heavy atom. The number of hydrogen-bond donors (Lipinski definition) is 2. The lowest BCUT2D eigenvalue weighted by molar-refractivity contribution is -0.128. The number of carbonyl (C=O) groups is 2. The summed E-state index contributed by atoms with van der Waals surface area (Å²) in [5, 5.41) is 2.89. The van der Waals surface area contributed by atoms with Crippen LogP contribution in [-0.2, 0) is 9.53 Å². The van der Waals surface area contributed by atoms with E-state index in [1.54, 1.807) is 24.2 Å². The second-order valence-corrected chi connectivity index (χ2v) is 12.2. The number of nitrogens with two attached hydrogens (primary N) is 1. The van der Waals surface area contributed by atoms with Crippen molar-refractivity contribution in [2.24, 2.45) is 16.6 Å². The Morgan fingerprint density at radius 2 is 1.83 bits per heavy atom. The Balaban J connectivity index is 0.00000111. The summed E-state index contributed by atoms with van der Waals surface area (Å²) in [6.07, 6.45) is 12.0. The monoisotopic (exact) mass is 580 g/mol. The Morgan fingerprint density at radius 1 is 1.19 bits per heavy atom. The van der Waals surface area contributed by atoms with Gasteiger partial charge in [0.05, 0.1) is 18.5 Å². The van der Waals surface area contributed by atoms with E-state index in [9.17, 15) is 9.59 Å². The molecule has 2 amide bonds. The van der Waals surface area contributed by atoms with Crippen molar-refractivity contribution in [3.05, 3.63) is 59.8 Å². The SMILES string of the molecule is C=C\C=C(/N=C(\C=C(/N)C(=O)N1CCC(NC(=O)OC(C)(C)C)CC1)CCC)c1ccc(C)c(OC)c1.CC1CCC1. The number of ether oxygens (including phenoxy) is 2. The highest BCUT2D eigenvalue weighted by Crippen LogP contribution is 2.26. The first-order valence-corrected chi connectivity index (χ1v) is 15.2. The van der Waals surface area contributed by atoms with Crippen LogP contribution in [0, 0.1) is 12.8 Å². The van der Waals surface area contributed by atoms with E-state index in [0.29, 0.717) is 43.8 Å². The lowest BCUT2D eigenvalue weighted by Gasteiger charge is -2.33. The highest BCUT2D eigenvalue weighted by molar-refractivity contribution is 6.05. The van der Waals surface area contributed by atoms with E-state index in [2.05, 4.69) is 25.7 Å². The van der Waals surface area contributed by atoms with Crippen LogP contribution in [0.15, 0.2) is 53.7 Å². The fourth-order valence-corrected chi connectivity index (χ4v) is 4.60. The molecule has 1 aromatic carbocycles. The summed E-state index contributed by atoms with van der Waals surface area (Å²) < 4.78 is 10.8. The van der Waals surface area contributed by atoms with Gasteiger partial charge in [0.2, 0.25) is 0 Å². The molecule has 1 heterocycles. The average molecular weight is 581 g/mol. The number of hydrogen-bond acceptors (Lipinski definition) is 6. The van der Waals surface area contributed by atoms with E-state index >= 15 is 0 Å². The van der Waals surface area contributed by atoms with Gasteiger partial charge in [0.15, 0.2) is 0 Å². The number of aliphatic imine (C=N–C) groups is 1. The molecule has 2 fully saturated rings. The molecule has 1 aliphatic heterocycles. The number of benzene rings is 1. The van der Waals surface area contributed by atoms with E-state index in [0.717, 1.165) is 29.2 Å². The van der Waals surface area contributed by atoms with E-state index in [1.165, 1.54) is 19.3 Å². The molecule has 232 valence electrons. The molecule has 3 N–H and O–H groups in total. The van der Waals surface area contributed by atoms with Crippen molar-refractivity contribution in [3.63, 3.8) is 0 Å². The van der Waals surface area contributed by atoms with Crippen LogP contribution in [0.5, 0.6) is 5.75 Å². The fraction of sp³-hybridized carbons (Fsp3) is 0.559. The van der Waals surface area contributed by atoms with Crippen molar-refractivity contribution < 1.29 is 19.1 Å². The van der Waals surface area contributed by atoms with Crippen molar-refractivity contribution in [3.8, 4) is 5.75 Å². The van der Waals surface area contributed by atoms with Crippen LogP contribution in [0.2, 0.25) is 0 Å². The van der Waals surface area contributed by atoms with E-state index in [4.69, 9.17) is 20.2 Å². The van der Waals surface area contributed by atoms with Gasteiger partial charge in [-0.05, 0) is 76.7 Å². The third-order valence-electron chi connectivity index (χ3n) is 7.22. The molecule has 1 saturated carbocycles. The predicted octanol–water partition coefficient (Wildman–Crippen LogP) is 6.94. The molecule has 3 rings (SSSR count). The maximum Gasteiger partial charge on any atom is 0.407 e. The molecule has 0 radical (unpaired) electrons. The van der Waals surface area contributed by atoms with Crippen LogP contribution >= 0.6 is 0 Å². The number of nitrogens with one attached hydrogen (secondary N) is 1. The van der Waals surface area contributed by atoms with Crippen LogP contribution in [0.4, 0.5) is 4.79 Å². The Labute approximate surface area is 253 Å². The number of amides is 2. The summed E-state index contributed by atoms with van der Waals surface area (Å²) in [7, 11) is 1.64. The molecule has 1 aromatic rings. The van der Waals surface area contributed by atoms with E-state index < -0.39 is 11.7 Å². The van der Waals surface area contributed by atoms with Crippen LogP contribution in [0.1, 0.15) is 90.7 Å². The van der Waals surface area contributed by atoms with Crippen LogP contribution in [0.3, 0.4) is 0 Å². The van der Waals surface area contributed by atoms with E-state index in [-0.39, 0.29) is 17.6 Å². The number of carbonyl (C=O) groups excluding carboxylic acids is 2. The highest BCUT2D eigenvalue weighted by Gasteiger charge is 2.26. The lowest BCUT2D eigenvalue weighted by atomic mass is 9.88. The van der Waals surface area contributed by atoms with Gasteiger partial charge in [-0.1, -0.05) is 64.3 Å². The van der Waals surface area contributed by atoms with Gasteiger partial charge >= 0.3 is 6.09 Å². The number of nitrogens with zero attached hydrogens (tertiary/aromatic N) is 2. The molecule has 2 aliphatic rings. The quantitative estimate of drug-likeness (QED) is 0.187. The molecule has 0 unspecified atom stereocenters. The normalized spacial score (nSPS) is 17.0. The Kier molecular flexibility index (Phi) is 13.8. The molecule has 0 atom stereocenters. The summed E-state index contributed by atoms with van der Waals surface area (Å²) in [4.78, 5) is 31.7. The van der Waals surface area contributed by atoms with Crippen LogP contribution < -0.4 is 15.8 Å². The first-order chi connectivity index (χ1) is 19.9. The van der Waals surface area contributed by atoms with Gasteiger partial charge in [0, 0.05) is 30.4 Å². The molecule has 0 bridgehead atoms. The first kappa shape index (κ1) is 34.7. The third kappa shape index (κ3) is 11.7. The van der Waals surface area contributed by atoms with Crippen LogP contribution in [-0.4, -0.2) is 54.5 Å². The molecule has 8 heteroatoms. The first-order valence-electron chi connectivity index (χ1n) is 15.2. The smallest absolute Gasteiger partial charge is 0.407 e. The van der Waals surface area contributed by atoms with Crippen molar-refractivity contribution in [2.75, 3.05) is 20.2 Å². The third-order valence-corrected chi connectivity index (χ3v) is 7.22. The van der Waals surface area contributed by atoms with E-state index in [1.807, 2.05) is 52.0 Å². The van der Waals surface area contributed by atoms with Gasteiger partial charge in [-0.3, -0.25) is 9.79 Å². The molecule has 0 spiro atoms. The van der Waals surface area contributed by atoms with Gasteiger partial charge in [0.1, 0.15) is 11.4 Å². The molecule has 8 nitrogen and oxygen atoms in total. The average Bonchev–Trinajstić information content (AvgIpc) is 2.91. The second kappa shape index (κ2) is 16.8. The molecular weight excluding hydrogens is 528 g/mol. The van der Waals surface area contributed by atoms with Crippen molar-refractivity contribution in [1.82, 2.24) is 10.2 Å². The molecule has 42 heavy (non-hydrogen) atoms. The number of likely N-dealkylation sites (tertiary alicyclic amines) is 1. The van der Waals surface area contributed by atoms with Crippen LogP contribution in [0.25, 0.3) is 5.70 Å². The molecule has 1 saturated heterocycles. The summed E-state index contributed by atoms with van der Waals surface area (Å²) in [5.74, 6) is 1.61. The number of methoxy groups -OCH3 is 1. The predicted molar refractivity (Wildman–Crippen MR) is 173 cm³/mol. The number of allylic oxidation sites excluding steroid dienone is 3. The van der Waals surface area contributed by atoms with Gasteiger partial charge in [-0.15, -0.1) is 0 Å². The number of aryl methyl sites for hydroxylation is 1. The summed E-state index contributed by atoms with van der Waals surface area (Å²) in [6, 6.07) is 5.86. The molecular formula is C34H52N4O4. The largest absolute Gasteiger partial charge is 0.496 e. The highest BCUT2D eigenvalue weighted by atomic mass is 16.6. The zero-order chi connectivity index (χ0) is 31.3. The summed E-state index contributed by atoms with van der Waals surface area (Å²) >= 11 is 0. The Bertz CT molecular complexity index is 1150. The van der Waals surface area contributed by atoms with Gasteiger partial charge < -0.3 is 25.4 Å². The van der Waals surface area contributed by atoms with Gasteiger partial charge in [0.25, 0.3) is 5.91 Å². The molecule has 1 aliphatic carbocycles. The second-order valence-electron chi connectivity index (χ2n) is 12.2. The number of alkyl carbamates (subject to hydrolysis) is 1. The number of rotatable bonds is 9. The topological polar surface area (TPSA) is 106 Å². The van der Waals surface area contributed by atoms with Crippen molar-refractivity contribution >= 4 is 23.4 Å². The zero-order valence-electron chi connectivity index (χ0n) is 26.8. The zero-order valence-corrected chi connectivity index (χ0v) is 26.8. The Hall–Kier alpha value is -3.55. The van der Waals surface area contributed by atoms with Gasteiger partial charge in [-0.2, -0.15) is 0 Å². The minimum Gasteiger partial charge on any atom is -0.496 e. The lowest BCUT2D eigenvalue weighted by Crippen LogP contribution is -2.48. The fourth-order valence-electron chi connectivity index (χ4n) is 4.60. The van der Waals surface area contributed by atoms with Crippen molar-refractivity contribution in [2.45, 2.75) is 98.1 Å².